The van der Waals surface area contributed by atoms with Gasteiger partial charge in [0.05, 0.1) is 11.3 Å². The monoisotopic (exact) mass is 301 g/mol. The highest BCUT2D eigenvalue weighted by Gasteiger charge is 2.30. The molecule has 102 valence electrons. The van der Waals surface area contributed by atoms with Gasteiger partial charge in [-0.25, -0.2) is 4.21 Å². The third kappa shape index (κ3) is 5.15. The van der Waals surface area contributed by atoms with E-state index in [0.717, 1.165) is 24.3 Å². The number of rotatable bonds is 5. The molecule has 9 heteroatoms. The molecule has 0 bridgehead atoms. The zero-order chi connectivity index (χ0) is 13.8. The third-order valence-corrected chi connectivity index (χ3v) is 3.50. The van der Waals surface area contributed by atoms with Crippen molar-refractivity contribution in [1.82, 2.24) is 0 Å². The van der Waals surface area contributed by atoms with Crippen LogP contribution < -0.4 is 4.18 Å². The van der Waals surface area contributed by atoms with Crippen molar-refractivity contribution in [2.75, 3.05) is 11.5 Å². The first-order valence-corrected chi connectivity index (χ1v) is 7.07. The smallest absolute Gasteiger partial charge is 0.416 e. The second-order valence-electron chi connectivity index (χ2n) is 3.12. The van der Waals surface area contributed by atoms with Crippen molar-refractivity contribution in [2.24, 2.45) is 0 Å². The fourth-order valence-corrected chi connectivity index (χ4v) is 2.48. The van der Waals surface area contributed by atoms with Gasteiger partial charge < -0.3 is 8.74 Å². The molecular formula is C9H8F3O4S2-. The third-order valence-electron chi connectivity index (χ3n) is 1.79. The summed E-state index contributed by atoms with van der Waals surface area (Å²) < 4.78 is 73.0. The summed E-state index contributed by atoms with van der Waals surface area (Å²) in [5, 5.41) is 0. The Morgan fingerprint density at radius 1 is 1.11 bits per heavy atom. The first kappa shape index (κ1) is 15.1. The first-order valence-electron chi connectivity index (χ1n) is 4.59. The molecule has 0 radical (unpaired) electrons. The maximum Gasteiger partial charge on any atom is 0.416 e. The average molecular weight is 301 g/mol. The van der Waals surface area contributed by atoms with E-state index in [9.17, 15) is 26.1 Å². The van der Waals surface area contributed by atoms with Crippen LogP contribution in [0.2, 0.25) is 0 Å². The van der Waals surface area contributed by atoms with Crippen LogP contribution in [0.5, 0.6) is 5.75 Å². The molecule has 18 heavy (non-hydrogen) atoms. The Kier molecular flexibility index (Phi) is 5.29. The molecule has 0 spiro atoms. The molecule has 0 aliphatic rings. The number of hydrogen-bond acceptors (Lipinski definition) is 4. The second kappa shape index (κ2) is 6.30. The van der Waals surface area contributed by atoms with Crippen molar-refractivity contribution < 1.29 is 30.3 Å². The molecular weight excluding hydrogens is 293 g/mol. The van der Waals surface area contributed by atoms with Crippen LogP contribution in [0.1, 0.15) is 5.56 Å². The van der Waals surface area contributed by atoms with Crippen molar-refractivity contribution in [1.29, 1.82) is 0 Å². The van der Waals surface area contributed by atoms with Gasteiger partial charge in [0.15, 0.2) is 0 Å². The Morgan fingerprint density at radius 2 is 1.67 bits per heavy atom. The lowest BCUT2D eigenvalue weighted by Gasteiger charge is -2.08. The van der Waals surface area contributed by atoms with Gasteiger partial charge in [0.25, 0.3) is 0 Å². The Hall–Kier alpha value is -0.930. The fourth-order valence-electron chi connectivity index (χ4n) is 0.985. The van der Waals surface area contributed by atoms with Crippen molar-refractivity contribution in [3.8, 4) is 5.75 Å². The van der Waals surface area contributed by atoms with Gasteiger partial charge in [-0.1, -0.05) is 11.1 Å². The largest absolute Gasteiger partial charge is 0.772 e. The van der Waals surface area contributed by atoms with Gasteiger partial charge in [0.2, 0.25) is 11.1 Å². The maximum absolute atomic E-state index is 12.2. The van der Waals surface area contributed by atoms with Crippen molar-refractivity contribution in [3.63, 3.8) is 0 Å². The molecule has 0 N–H and O–H groups in total. The summed E-state index contributed by atoms with van der Waals surface area (Å²) in [6, 6.07) is 3.63. The summed E-state index contributed by atoms with van der Waals surface area (Å²) in [7, 11) is 0. The zero-order valence-corrected chi connectivity index (χ0v) is 10.4. The normalized spacial score (nSPS) is 15.1. The number of halogens is 3. The molecule has 1 aromatic carbocycles. The van der Waals surface area contributed by atoms with Crippen LogP contribution in [0.4, 0.5) is 13.2 Å². The van der Waals surface area contributed by atoms with Gasteiger partial charge in [-0.05, 0) is 24.3 Å². The number of hydrogen-bond donors (Lipinski definition) is 0. The van der Waals surface area contributed by atoms with Gasteiger partial charge >= 0.3 is 6.18 Å². The highest BCUT2D eigenvalue weighted by Crippen LogP contribution is 2.30. The quantitative estimate of drug-likeness (QED) is 0.775. The van der Waals surface area contributed by atoms with E-state index in [0.29, 0.717) is 0 Å². The average Bonchev–Trinajstić information content (AvgIpc) is 2.26. The van der Waals surface area contributed by atoms with E-state index in [4.69, 9.17) is 4.18 Å². The van der Waals surface area contributed by atoms with Crippen molar-refractivity contribution in [2.45, 2.75) is 6.18 Å². The van der Waals surface area contributed by atoms with E-state index < -0.39 is 33.9 Å². The lowest BCUT2D eigenvalue weighted by Crippen LogP contribution is -2.12. The van der Waals surface area contributed by atoms with Gasteiger partial charge in [-0.3, -0.25) is 4.21 Å². The Bertz CT molecular complexity index is 444. The summed E-state index contributed by atoms with van der Waals surface area (Å²) >= 11 is -4.23. The molecule has 0 heterocycles. The van der Waals surface area contributed by atoms with Gasteiger partial charge in [-0.2, -0.15) is 13.2 Å². The summed E-state index contributed by atoms with van der Waals surface area (Å²) in [4.78, 5) is 0. The number of benzene rings is 1. The Labute approximate surface area is 106 Å². The van der Waals surface area contributed by atoms with E-state index in [2.05, 4.69) is 0 Å². The Balaban J connectivity index is 2.59. The highest BCUT2D eigenvalue weighted by molar-refractivity contribution is 7.83. The second-order valence-corrected chi connectivity index (χ2v) is 5.32. The topological polar surface area (TPSA) is 66.4 Å². The molecule has 0 aliphatic carbocycles. The maximum atomic E-state index is 12.2. The molecule has 0 saturated carbocycles. The molecule has 4 nitrogen and oxygen atoms in total. The molecule has 1 aromatic rings. The molecule has 0 aliphatic heterocycles. The lowest BCUT2D eigenvalue weighted by atomic mass is 10.2. The zero-order valence-electron chi connectivity index (χ0n) is 8.81. The standard InChI is InChI=1S/C9H9F3O4S2/c10-9(11,12)7-1-3-8(4-2-7)16-18(15)6-5-17(13)14/h1-4H,5-6H2,(H,13,14)/p-1. The molecule has 1 rings (SSSR count). The summed E-state index contributed by atoms with van der Waals surface area (Å²) in [5.74, 6) is -0.595. The summed E-state index contributed by atoms with van der Waals surface area (Å²) in [5.41, 5.74) is -0.846. The van der Waals surface area contributed by atoms with E-state index >= 15 is 0 Å². The molecule has 0 aromatic heterocycles. The van der Waals surface area contributed by atoms with Crippen molar-refractivity contribution in [3.05, 3.63) is 29.8 Å². The minimum Gasteiger partial charge on any atom is -0.772 e. The van der Waals surface area contributed by atoms with Gasteiger partial charge in [0.1, 0.15) is 5.75 Å². The first-order chi connectivity index (χ1) is 8.29. The minimum atomic E-state index is -4.45. The highest BCUT2D eigenvalue weighted by atomic mass is 32.2. The van der Waals surface area contributed by atoms with Crippen LogP contribution in [0.25, 0.3) is 0 Å². The SMILES string of the molecule is O=S([O-])CCS(=O)Oc1ccc(C(F)(F)F)cc1. The number of alkyl halides is 3. The van der Waals surface area contributed by atoms with E-state index in [1.165, 1.54) is 0 Å². The molecule has 2 atom stereocenters. The summed E-state index contributed by atoms with van der Waals surface area (Å²) in [6.07, 6.45) is -4.45. The van der Waals surface area contributed by atoms with Crippen LogP contribution in [0, 0.1) is 0 Å². The lowest BCUT2D eigenvalue weighted by molar-refractivity contribution is -0.137. The Morgan fingerprint density at radius 3 is 2.11 bits per heavy atom. The van der Waals surface area contributed by atoms with E-state index in [1.807, 2.05) is 0 Å². The molecule has 0 saturated heterocycles. The van der Waals surface area contributed by atoms with Crippen molar-refractivity contribution >= 4 is 22.2 Å². The van der Waals surface area contributed by atoms with Gasteiger partial charge in [0, 0.05) is 5.75 Å². The predicted octanol–water partition coefficient (Wildman–Crippen LogP) is 1.63. The van der Waals surface area contributed by atoms with Crippen LogP contribution in [0.3, 0.4) is 0 Å². The summed E-state index contributed by atoms with van der Waals surface area (Å²) in [6.45, 7) is 0. The predicted molar refractivity (Wildman–Crippen MR) is 58.9 cm³/mol. The van der Waals surface area contributed by atoms with Gasteiger partial charge in [-0.15, -0.1) is 0 Å². The molecule has 2 unspecified atom stereocenters. The van der Waals surface area contributed by atoms with Crippen LogP contribution in [0.15, 0.2) is 24.3 Å². The van der Waals surface area contributed by atoms with Crippen LogP contribution in [-0.4, -0.2) is 24.5 Å². The van der Waals surface area contributed by atoms with E-state index in [-0.39, 0.29) is 17.3 Å². The van der Waals surface area contributed by atoms with Crippen LogP contribution in [-0.2, 0) is 28.3 Å². The molecule has 0 fully saturated rings. The minimum absolute atomic E-state index is 0.0157. The van der Waals surface area contributed by atoms with E-state index in [1.54, 1.807) is 0 Å². The molecule has 0 amide bonds. The fraction of sp³-hybridized carbons (Fsp3) is 0.333. The van der Waals surface area contributed by atoms with Crippen LogP contribution >= 0.6 is 0 Å².